The molecule has 39 heavy (non-hydrogen) atoms. The van der Waals surface area contributed by atoms with Crippen molar-refractivity contribution in [2.75, 3.05) is 45.7 Å². The van der Waals surface area contributed by atoms with Crippen LogP contribution < -0.4 is 20.8 Å². The van der Waals surface area contributed by atoms with Gasteiger partial charge in [0.25, 0.3) is 0 Å². The third-order valence-corrected chi connectivity index (χ3v) is 10.2. The molecule has 7 heteroatoms. The van der Waals surface area contributed by atoms with Crippen molar-refractivity contribution < 1.29 is 4.74 Å². The van der Waals surface area contributed by atoms with Gasteiger partial charge in [0.1, 0.15) is 5.75 Å². The second-order valence-electron chi connectivity index (χ2n) is 12.4. The molecule has 2 aliphatic heterocycles. The van der Waals surface area contributed by atoms with Crippen molar-refractivity contribution in [3.8, 4) is 5.75 Å². The first-order chi connectivity index (χ1) is 18.9. The zero-order valence-corrected chi connectivity index (χ0v) is 24.1. The van der Waals surface area contributed by atoms with Crippen LogP contribution in [-0.2, 0) is 0 Å². The van der Waals surface area contributed by atoms with E-state index in [1.807, 2.05) is 19.3 Å². The van der Waals surface area contributed by atoms with Crippen LogP contribution in [-0.4, -0.2) is 62.2 Å². The molecule has 2 heterocycles. The molecule has 0 amide bonds. The zero-order valence-electron chi connectivity index (χ0n) is 24.1. The number of fused-ring (bicyclic) bond motifs is 3. The molecule has 4 fully saturated rings. The highest BCUT2D eigenvalue weighted by molar-refractivity contribution is 5.93. The monoisotopic (exact) mass is 528 g/mol. The summed E-state index contributed by atoms with van der Waals surface area (Å²) in [6.45, 7) is 11.7. The van der Waals surface area contributed by atoms with Crippen LogP contribution in [0.1, 0.15) is 56.3 Å². The molecule has 0 spiro atoms. The number of benzene rings is 2. The number of aliphatic imine (C=N–C) groups is 1. The first-order valence-corrected chi connectivity index (χ1v) is 14.6. The predicted molar refractivity (Wildman–Crippen MR) is 160 cm³/mol. The number of methoxy groups -OCH3 is 1. The molecular weight excluding hydrogens is 484 g/mol. The molecule has 3 aliphatic carbocycles. The quantitative estimate of drug-likeness (QED) is 0.377. The van der Waals surface area contributed by atoms with Crippen LogP contribution in [0.5, 0.6) is 5.75 Å². The van der Waals surface area contributed by atoms with Gasteiger partial charge in [-0.3, -0.25) is 15.3 Å². The van der Waals surface area contributed by atoms with Crippen LogP contribution in [0.25, 0.3) is 6.08 Å². The van der Waals surface area contributed by atoms with Gasteiger partial charge in [-0.15, -0.1) is 0 Å². The Hall–Kier alpha value is -3.03. The van der Waals surface area contributed by atoms with Gasteiger partial charge in [-0.05, 0) is 89.2 Å². The molecule has 0 radical (unpaired) electrons. The van der Waals surface area contributed by atoms with E-state index < -0.39 is 0 Å². The molecule has 5 unspecified atom stereocenters. The summed E-state index contributed by atoms with van der Waals surface area (Å²) >= 11 is 0. The Kier molecular flexibility index (Phi) is 7.06. The molecule has 1 saturated heterocycles. The minimum atomic E-state index is 0.0896. The maximum Gasteiger partial charge on any atom is 0.210 e. The van der Waals surface area contributed by atoms with Crippen molar-refractivity contribution in [3.63, 3.8) is 0 Å². The van der Waals surface area contributed by atoms with Crippen molar-refractivity contribution in [2.45, 2.75) is 45.7 Å². The van der Waals surface area contributed by atoms with E-state index in [0.29, 0.717) is 5.41 Å². The smallest absolute Gasteiger partial charge is 0.210 e. The number of rotatable bonds is 5. The standard InChI is InChI=1S/C32H44N6O/c1-21-28-18-24(32(28,2)3)19-29(21)37-14-16-38(17-15-37)36-31(33-4)35-25-9-6-23(7-10-25)30-27-20-26(39-5)11-8-22(27)12-13-34-30/h6-13,20-21,24,28-30,34H,14-19H2,1-5H3,(H2,33,35,36). The lowest BCUT2D eigenvalue weighted by Gasteiger charge is -2.64. The second-order valence-corrected chi connectivity index (χ2v) is 12.4. The maximum absolute atomic E-state index is 5.47. The summed E-state index contributed by atoms with van der Waals surface area (Å²) in [5.74, 6) is 4.27. The van der Waals surface area contributed by atoms with Crippen LogP contribution >= 0.6 is 0 Å². The lowest BCUT2D eigenvalue weighted by atomic mass is 9.44. The average Bonchev–Trinajstić information content (AvgIpc) is 2.96. The zero-order chi connectivity index (χ0) is 27.1. The summed E-state index contributed by atoms with van der Waals surface area (Å²) in [6, 6.07) is 15.7. The second kappa shape index (κ2) is 10.5. The molecule has 5 aliphatic rings. The van der Waals surface area contributed by atoms with E-state index in [9.17, 15) is 0 Å². The summed E-state index contributed by atoms with van der Waals surface area (Å²) in [4.78, 5) is 7.25. The number of hydrazine groups is 1. The molecule has 0 aromatic heterocycles. The molecule has 2 aromatic carbocycles. The fourth-order valence-corrected chi connectivity index (χ4v) is 7.63. The van der Waals surface area contributed by atoms with E-state index in [4.69, 9.17) is 4.74 Å². The lowest BCUT2D eigenvalue weighted by Crippen LogP contribution is -2.64. The molecule has 2 aromatic rings. The number of hydrogen-bond donors (Lipinski definition) is 3. The van der Waals surface area contributed by atoms with Gasteiger partial charge in [-0.25, -0.2) is 5.01 Å². The minimum absolute atomic E-state index is 0.0896. The summed E-state index contributed by atoms with van der Waals surface area (Å²) in [7, 11) is 3.55. The Morgan fingerprint density at radius 2 is 1.82 bits per heavy atom. The molecule has 3 saturated carbocycles. The molecule has 3 N–H and O–H groups in total. The van der Waals surface area contributed by atoms with Crippen molar-refractivity contribution >= 4 is 17.7 Å². The topological polar surface area (TPSA) is 64.2 Å². The van der Waals surface area contributed by atoms with Gasteiger partial charge in [0.15, 0.2) is 0 Å². The van der Waals surface area contributed by atoms with Gasteiger partial charge in [0, 0.05) is 45.0 Å². The fourth-order valence-electron chi connectivity index (χ4n) is 7.63. The van der Waals surface area contributed by atoms with Gasteiger partial charge < -0.3 is 15.4 Å². The van der Waals surface area contributed by atoms with Crippen LogP contribution in [0, 0.1) is 23.2 Å². The van der Waals surface area contributed by atoms with Crippen molar-refractivity contribution in [1.82, 2.24) is 20.7 Å². The number of piperazine rings is 1. The Morgan fingerprint density at radius 1 is 1.05 bits per heavy atom. The summed E-state index contributed by atoms with van der Waals surface area (Å²) in [6.07, 6.45) is 6.96. The highest BCUT2D eigenvalue weighted by Crippen LogP contribution is 2.62. The molecule has 208 valence electrons. The molecule has 5 atom stereocenters. The van der Waals surface area contributed by atoms with Crippen molar-refractivity contribution in [1.29, 1.82) is 0 Å². The number of nitrogens with one attached hydrogen (secondary N) is 3. The average molecular weight is 529 g/mol. The normalized spacial score (nSPS) is 30.1. The Labute approximate surface area is 233 Å². The first-order valence-electron chi connectivity index (χ1n) is 14.6. The molecular formula is C32H44N6O. The minimum Gasteiger partial charge on any atom is -0.497 e. The van der Waals surface area contributed by atoms with Gasteiger partial charge in [0.2, 0.25) is 5.96 Å². The number of hydrogen-bond acceptors (Lipinski definition) is 5. The van der Waals surface area contributed by atoms with Gasteiger partial charge in [-0.2, -0.15) is 0 Å². The van der Waals surface area contributed by atoms with Crippen LogP contribution in [0.3, 0.4) is 0 Å². The Morgan fingerprint density at radius 3 is 2.49 bits per heavy atom. The van der Waals surface area contributed by atoms with Crippen LogP contribution in [0.15, 0.2) is 53.7 Å². The largest absolute Gasteiger partial charge is 0.497 e. The number of anilines is 1. The van der Waals surface area contributed by atoms with E-state index in [1.165, 1.54) is 29.5 Å². The highest BCUT2D eigenvalue weighted by Gasteiger charge is 2.57. The highest BCUT2D eigenvalue weighted by atomic mass is 16.5. The van der Waals surface area contributed by atoms with E-state index >= 15 is 0 Å². The fraction of sp³-hybridized carbons (Fsp3) is 0.531. The van der Waals surface area contributed by atoms with E-state index in [0.717, 1.165) is 67.4 Å². The third kappa shape index (κ3) is 4.91. The lowest BCUT2D eigenvalue weighted by molar-refractivity contribution is -0.143. The number of ether oxygens (including phenoxy) is 1. The van der Waals surface area contributed by atoms with Gasteiger partial charge >= 0.3 is 0 Å². The van der Waals surface area contributed by atoms with E-state index in [2.05, 4.69) is 94.2 Å². The number of nitrogens with zero attached hydrogens (tertiary/aromatic N) is 3. The van der Waals surface area contributed by atoms with Crippen LogP contribution in [0.2, 0.25) is 0 Å². The molecule has 7 rings (SSSR count). The molecule has 7 nitrogen and oxygen atoms in total. The van der Waals surface area contributed by atoms with Gasteiger partial charge in [0.05, 0.1) is 13.2 Å². The third-order valence-electron chi connectivity index (χ3n) is 10.2. The van der Waals surface area contributed by atoms with Crippen molar-refractivity contribution in [3.05, 3.63) is 65.4 Å². The number of guanidine groups is 1. The van der Waals surface area contributed by atoms with E-state index in [-0.39, 0.29) is 6.04 Å². The van der Waals surface area contributed by atoms with Crippen molar-refractivity contribution in [2.24, 2.45) is 28.2 Å². The maximum atomic E-state index is 5.47. The Balaban J connectivity index is 1.03. The SMILES string of the molecule is CN=C(Nc1ccc(C2NC=Cc3ccc(OC)cc32)cc1)NN1CCN(C2CC3CC(C2C)C3(C)C)CC1. The Bertz CT molecular complexity index is 1230. The molecule has 2 bridgehead atoms. The summed E-state index contributed by atoms with van der Waals surface area (Å²) < 4.78 is 5.47. The summed E-state index contributed by atoms with van der Waals surface area (Å²) in [5, 5.41) is 9.29. The van der Waals surface area contributed by atoms with Crippen LogP contribution in [0.4, 0.5) is 5.69 Å². The van der Waals surface area contributed by atoms with E-state index in [1.54, 1.807) is 7.11 Å². The van der Waals surface area contributed by atoms with Gasteiger partial charge in [-0.1, -0.05) is 39.0 Å². The first kappa shape index (κ1) is 26.2. The summed E-state index contributed by atoms with van der Waals surface area (Å²) in [5.41, 5.74) is 8.74. The predicted octanol–water partition coefficient (Wildman–Crippen LogP) is 4.95.